The summed E-state index contributed by atoms with van der Waals surface area (Å²) in [5, 5.41) is 14.7. The van der Waals surface area contributed by atoms with E-state index >= 15 is 0 Å². The van der Waals surface area contributed by atoms with Crippen LogP contribution in [0.25, 0.3) is 0 Å². The fraction of sp³-hybridized carbons (Fsp3) is 0.517. The van der Waals surface area contributed by atoms with E-state index in [1.54, 1.807) is 45.5 Å². The van der Waals surface area contributed by atoms with Gasteiger partial charge in [-0.05, 0) is 66.6 Å². The van der Waals surface area contributed by atoms with Gasteiger partial charge in [0.15, 0.2) is 11.5 Å². The molecular weight excluding hydrogens is 482 g/mol. The predicted molar refractivity (Wildman–Crippen MR) is 146 cm³/mol. The van der Waals surface area contributed by atoms with E-state index in [-0.39, 0.29) is 12.1 Å². The van der Waals surface area contributed by atoms with Crippen molar-refractivity contribution in [3.05, 3.63) is 53.6 Å². The number of rotatable bonds is 11. The summed E-state index contributed by atoms with van der Waals surface area (Å²) in [6, 6.07) is 15.0. The summed E-state index contributed by atoms with van der Waals surface area (Å²) in [6.07, 6.45) is 2.24. The summed E-state index contributed by atoms with van der Waals surface area (Å²) >= 11 is 0. The molecule has 2 aliphatic heterocycles. The molecule has 2 saturated heterocycles. The van der Waals surface area contributed by atoms with E-state index in [0.717, 1.165) is 57.2 Å². The van der Waals surface area contributed by atoms with Crippen molar-refractivity contribution < 1.29 is 19.0 Å². The van der Waals surface area contributed by atoms with Gasteiger partial charge in [0, 0.05) is 46.3 Å². The maximum absolute atomic E-state index is 12.1. The van der Waals surface area contributed by atoms with E-state index < -0.39 is 0 Å². The Morgan fingerprint density at radius 1 is 1.03 bits per heavy atom. The normalized spacial score (nSPS) is 20.2. The van der Waals surface area contributed by atoms with E-state index in [1.807, 2.05) is 6.07 Å². The van der Waals surface area contributed by atoms with Crippen molar-refractivity contribution in [3.63, 3.8) is 0 Å². The summed E-state index contributed by atoms with van der Waals surface area (Å²) in [7, 11) is 4.95. The predicted octanol–water partition coefficient (Wildman–Crippen LogP) is 2.75. The number of nitrogens with zero attached hydrogens (tertiary/aromatic N) is 3. The van der Waals surface area contributed by atoms with Crippen LogP contribution in [0.5, 0.6) is 17.2 Å². The zero-order chi connectivity index (χ0) is 26.9. The Bertz CT molecular complexity index is 1090. The number of benzene rings is 2. The van der Waals surface area contributed by atoms with Gasteiger partial charge in [-0.25, -0.2) is 4.79 Å². The molecule has 2 amide bonds. The molecule has 38 heavy (non-hydrogen) atoms. The first-order chi connectivity index (χ1) is 18.5. The fourth-order valence-corrected chi connectivity index (χ4v) is 5.68. The summed E-state index contributed by atoms with van der Waals surface area (Å²) in [6.45, 7) is 6.36. The molecular formula is C29H39N5O4. The Labute approximate surface area is 225 Å². The van der Waals surface area contributed by atoms with Gasteiger partial charge >= 0.3 is 6.03 Å². The molecule has 0 aliphatic carbocycles. The molecule has 0 spiro atoms. The van der Waals surface area contributed by atoms with Crippen molar-refractivity contribution in [1.29, 1.82) is 5.26 Å². The second-order valence-corrected chi connectivity index (χ2v) is 10.3. The van der Waals surface area contributed by atoms with Crippen LogP contribution < -0.4 is 24.8 Å². The lowest BCUT2D eigenvalue weighted by molar-refractivity contribution is 0.0257. The maximum atomic E-state index is 12.1. The van der Waals surface area contributed by atoms with Crippen molar-refractivity contribution in [2.75, 3.05) is 67.1 Å². The quantitative estimate of drug-likeness (QED) is 0.469. The Kier molecular flexibility index (Phi) is 9.68. The second kappa shape index (κ2) is 13.4. The van der Waals surface area contributed by atoms with Crippen LogP contribution in [0.4, 0.5) is 4.79 Å². The van der Waals surface area contributed by atoms with Crippen molar-refractivity contribution in [2.45, 2.75) is 18.9 Å². The molecule has 2 aliphatic rings. The highest BCUT2D eigenvalue weighted by molar-refractivity contribution is 5.73. The van der Waals surface area contributed by atoms with E-state index in [0.29, 0.717) is 29.8 Å². The number of piperidine rings is 2. The molecule has 3 atom stereocenters. The molecule has 9 heteroatoms. The SMILES string of the molecule is CNC(=O)NC(COc1ccc(C#N)cc1)CN1CC2CC(CN(CCc3ccc(OC)c(OC)c3)C2)C1. The molecule has 9 nitrogen and oxygen atoms in total. The number of amides is 2. The van der Waals surface area contributed by atoms with Crippen LogP contribution in [-0.4, -0.2) is 89.0 Å². The second-order valence-electron chi connectivity index (χ2n) is 10.3. The lowest BCUT2D eigenvalue weighted by Gasteiger charge is -2.46. The number of carbonyl (C=O) groups is 1. The summed E-state index contributed by atoms with van der Waals surface area (Å²) in [5.41, 5.74) is 1.85. The largest absolute Gasteiger partial charge is 0.493 e. The van der Waals surface area contributed by atoms with E-state index in [9.17, 15) is 4.79 Å². The van der Waals surface area contributed by atoms with Crippen LogP contribution in [0.3, 0.4) is 0 Å². The van der Waals surface area contributed by atoms with E-state index in [1.165, 1.54) is 12.0 Å². The average molecular weight is 522 g/mol. The standard InChI is InChI=1S/C29H39N5O4/c1-31-29(35)32-25(20-38-26-7-4-22(14-30)5-8-26)19-34-17-23-12-24(18-34)16-33(15-23)11-10-21-6-9-27(36-2)28(13-21)37-3/h4-9,13,23-25H,10-12,15-20H2,1-3H3,(H2,31,32,35). The number of nitriles is 1. The smallest absolute Gasteiger partial charge is 0.314 e. The zero-order valence-electron chi connectivity index (χ0n) is 22.6. The molecule has 2 aromatic carbocycles. The number of methoxy groups -OCH3 is 2. The van der Waals surface area contributed by atoms with E-state index in [4.69, 9.17) is 19.5 Å². The fourth-order valence-electron chi connectivity index (χ4n) is 5.68. The van der Waals surface area contributed by atoms with Gasteiger partial charge in [-0.1, -0.05) is 6.07 Å². The lowest BCUT2D eigenvalue weighted by atomic mass is 9.84. The van der Waals surface area contributed by atoms with Crippen LogP contribution in [-0.2, 0) is 6.42 Å². The average Bonchev–Trinajstić information content (AvgIpc) is 2.94. The molecule has 0 saturated carbocycles. The van der Waals surface area contributed by atoms with Gasteiger partial charge in [-0.3, -0.25) is 0 Å². The third kappa shape index (κ3) is 7.53. The van der Waals surface area contributed by atoms with Gasteiger partial charge in [-0.15, -0.1) is 0 Å². The first kappa shape index (κ1) is 27.6. The highest BCUT2D eigenvalue weighted by atomic mass is 16.5. The summed E-state index contributed by atoms with van der Waals surface area (Å²) in [5.74, 6) is 3.46. The van der Waals surface area contributed by atoms with Crippen LogP contribution in [0, 0.1) is 23.2 Å². The third-order valence-corrected chi connectivity index (χ3v) is 7.37. The van der Waals surface area contributed by atoms with E-state index in [2.05, 4.69) is 38.6 Å². The Balaban J connectivity index is 1.29. The molecule has 2 N–H and O–H groups in total. The highest BCUT2D eigenvalue weighted by Gasteiger charge is 2.34. The van der Waals surface area contributed by atoms with Crippen molar-refractivity contribution in [3.8, 4) is 23.3 Å². The minimum absolute atomic E-state index is 0.148. The molecule has 2 aromatic rings. The Morgan fingerprint density at radius 3 is 2.34 bits per heavy atom. The first-order valence-corrected chi connectivity index (χ1v) is 13.3. The molecule has 0 radical (unpaired) electrons. The third-order valence-electron chi connectivity index (χ3n) is 7.37. The van der Waals surface area contributed by atoms with Crippen LogP contribution in [0.2, 0.25) is 0 Å². The molecule has 3 unspecified atom stereocenters. The summed E-state index contributed by atoms with van der Waals surface area (Å²) < 4.78 is 16.8. The molecule has 2 bridgehead atoms. The number of fused-ring (bicyclic) bond motifs is 2. The van der Waals surface area contributed by atoms with Crippen molar-refractivity contribution in [2.24, 2.45) is 11.8 Å². The molecule has 2 fully saturated rings. The van der Waals surface area contributed by atoms with Gasteiger partial charge in [0.1, 0.15) is 12.4 Å². The number of likely N-dealkylation sites (tertiary alicyclic amines) is 2. The number of ether oxygens (including phenoxy) is 3. The zero-order valence-corrected chi connectivity index (χ0v) is 22.6. The minimum atomic E-state index is -0.211. The topological polar surface area (TPSA) is 99.1 Å². The van der Waals surface area contributed by atoms with Gasteiger partial charge in [0.25, 0.3) is 0 Å². The van der Waals surface area contributed by atoms with Crippen molar-refractivity contribution in [1.82, 2.24) is 20.4 Å². The molecule has 4 rings (SSSR count). The monoisotopic (exact) mass is 521 g/mol. The van der Waals surface area contributed by atoms with Crippen LogP contribution in [0.1, 0.15) is 17.5 Å². The molecule has 2 heterocycles. The minimum Gasteiger partial charge on any atom is -0.493 e. The molecule has 0 aromatic heterocycles. The van der Waals surface area contributed by atoms with Gasteiger partial charge in [0.05, 0.1) is 31.9 Å². The summed E-state index contributed by atoms with van der Waals surface area (Å²) in [4.78, 5) is 17.2. The molecule has 204 valence electrons. The van der Waals surface area contributed by atoms with Gasteiger partial charge in [0.2, 0.25) is 0 Å². The Morgan fingerprint density at radius 2 is 1.71 bits per heavy atom. The number of urea groups is 1. The number of hydrogen-bond acceptors (Lipinski definition) is 7. The lowest BCUT2D eigenvalue weighted by Crippen LogP contribution is -2.56. The first-order valence-electron chi connectivity index (χ1n) is 13.3. The maximum Gasteiger partial charge on any atom is 0.314 e. The van der Waals surface area contributed by atoms with Crippen molar-refractivity contribution >= 4 is 6.03 Å². The van der Waals surface area contributed by atoms with Gasteiger partial charge < -0.3 is 34.6 Å². The van der Waals surface area contributed by atoms with Gasteiger partial charge in [-0.2, -0.15) is 5.26 Å². The van der Waals surface area contributed by atoms with Crippen LogP contribution in [0.15, 0.2) is 42.5 Å². The number of nitrogens with one attached hydrogen (secondary N) is 2. The Hall–Kier alpha value is -3.48. The number of hydrogen-bond donors (Lipinski definition) is 2. The van der Waals surface area contributed by atoms with Crippen LogP contribution >= 0.6 is 0 Å². The number of carbonyl (C=O) groups excluding carboxylic acids is 1. The highest BCUT2D eigenvalue weighted by Crippen LogP contribution is 2.30.